The second-order valence-corrected chi connectivity index (χ2v) is 4.80. The quantitative estimate of drug-likeness (QED) is 0.482. The van der Waals surface area contributed by atoms with Gasteiger partial charge in [-0.25, -0.2) is 0 Å². The van der Waals surface area contributed by atoms with Crippen LogP contribution in [0, 0.1) is 0 Å². The Kier molecular flexibility index (Phi) is 4.30. The van der Waals surface area contributed by atoms with Gasteiger partial charge >= 0.3 is 0 Å². The van der Waals surface area contributed by atoms with E-state index in [2.05, 4.69) is 54.2 Å². The highest BCUT2D eigenvalue weighted by molar-refractivity contribution is 6.54. The summed E-state index contributed by atoms with van der Waals surface area (Å²) in [4.78, 5) is 11.4. The van der Waals surface area contributed by atoms with Gasteiger partial charge in [0.25, 0.3) is 0 Å². The van der Waals surface area contributed by atoms with Crippen molar-refractivity contribution in [2.75, 3.05) is 12.4 Å². The van der Waals surface area contributed by atoms with Crippen LogP contribution < -0.4 is 18.6 Å². The van der Waals surface area contributed by atoms with Crippen molar-refractivity contribution in [2.24, 2.45) is 0 Å². The lowest BCUT2D eigenvalue weighted by Crippen LogP contribution is -2.38. The number of Topliss-reactive ketones (excluding diaryl/α,β-unsaturated/α-hetero) is 1. The second kappa shape index (κ2) is 4.87. The number of hydrogen-bond donors (Lipinski definition) is 1. The molecule has 64 valence electrons. The van der Waals surface area contributed by atoms with Crippen LogP contribution in [-0.4, -0.2) is 61.7 Å². The third-order valence-electron chi connectivity index (χ3n) is 2.06. The first-order valence-electron chi connectivity index (χ1n) is 4.15. The van der Waals surface area contributed by atoms with E-state index in [9.17, 15) is 4.79 Å². The smallest absolute Gasteiger partial charge is 0.180 e. The van der Waals surface area contributed by atoms with Crippen LogP contribution >= 0.6 is 0 Å². The SMILES string of the molecule is CNc1c[c]([Al])[c]([Al])c(C(C)=O)[c]1[Al]. The Bertz CT molecular complexity index is 390. The molecular formula is C9H8Al3NO. The van der Waals surface area contributed by atoms with Gasteiger partial charge in [-0.2, -0.15) is 4.43 Å². The van der Waals surface area contributed by atoms with E-state index in [1.165, 1.54) is 0 Å². The third kappa shape index (κ3) is 2.27. The van der Waals surface area contributed by atoms with Crippen LogP contribution in [0.15, 0.2) is 6.07 Å². The fourth-order valence-electron chi connectivity index (χ4n) is 1.32. The van der Waals surface area contributed by atoms with E-state index in [-0.39, 0.29) is 5.78 Å². The number of hydrogen-bond acceptors (Lipinski definition) is 2. The molecule has 0 aromatic heterocycles. The van der Waals surface area contributed by atoms with Gasteiger partial charge in [0.05, 0.1) is 0 Å². The Morgan fingerprint density at radius 1 is 1.29 bits per heavy atom. The summed E-state index contributed by atoms with van der Waals surface area (Å²) in [6.07, 6.45) is 0. The summed E-state index contributed by atoms with van der Waals surface area (Å²) in [6, 6.07) is 2.00. The summed E-state index contributed by atoms with van der Waals surface area (Å²) in [5.74, 6) is 0.0841. The zero-order valence-corrected chi connectivity index (χ0v) is 11.7. The molecule has 0 saturated carbocycles. The van der Waals surface area contributed by atoms with Gasteiger partial charge in [0.2, 0.25) is 0 Å². The van der Waals surface area contributed by atoms with Gasteiger partial charge in [-0.05, 0) is 12.5 Å². The van der Waals surface area contributed by atoms with E-state index < -0.39 is 0 Å². The monoisotopic (exact) mass is 227 g/mol. The molecule has 1 rings (SSSR count). The Hall–Kier alpha value is 0.287. The molecule has 0 heterocycles. The van der Waals surface area contributed by atoms with Crippen molar-refractivity contribution in [1.82, 2.24) is 0 Å². The topological polar surface area (TPSA) is 29.1 Å². The van der Waals surface area contributed by atoms with Crippen LogP contribution in [-0.2, 0) is 0 Å². The Balaban J connectivity index is 3.53. The zero-order chi connectivity index (χ0) is 10.9. The number of benzene rings is 1. The number of ketones is 1. The van der Waals surface area contributed by atoms with Crippen LogP contribution in [0.4, 0.5) is 5.69 Å². The van der Waals surface area contributed by atoms with Crippen LogP contribution in [0.3, 0.4) is 0 Å². The number of rotatable bonds is 2. The number of carbonyl (C=O) groups is 1. The van der Waals surface area contributed by atoms with E-state index in [0.717, 1.165) is 24.5 Å². The molecule has 14 heavy (non-hydrogen) atoms. The number of carbonyl (C=O) groups excluding carboxylic acids is 1. The van der Waals surface area contributed by atoms with Crippen LogP contribution in [0.25, 0.3) is 0 Å². The van der Waals surface area contributed by atoms with Crippen molar-refractivity contribution in [1.29, 1.82) is 0 Å². The highest BCUT2D eigenvalue weighted by Crippen LogP contribution is 2.01. The molecule has 0 aliphatic rings. The summed E-state index contributed by atoms with van der Waals surface area (Å²) < 4.78 is 2.90. The summed E-state index contributed by atoms with van der Waals surface area (Å²) in [5.41, 5.74) is 1.73. The summed E-state index contributed by atoms with van der Waals surface area (Å²) in [6.45, 7) is 1.58. The Morgan fingerprint density at radius 3 is 2.29 bits per heavy atom. The lowest BCUT2D eigenvalue weighted by atomic mass is 10.1. The molecule has 0 bridgehead atoms. The predicted octanol–water partition coefficient (Wildman–Crippen LogP) is -1.69. The summed E-state index contributed by atoms with van der Waals surface area (Å²) in [7, 11) is 1.85. The van der Waals surface area contributed by atoms with E-state index in [0.29, 0.717) is 0 Å². The maximum atomic E-state index is 11.4. The lowest BCUT2D eigenvalue weighted by Gasteiger charge is -2.17. The highest BCUT2D eigenvalue weighted by atomic mass is 27.1. The standard InChI is InChI=1S/C9H8NO.3Al/c1-7(11)8-4-3-5-9(6-8)10-2;;;/h5,10H,1-2H3;;;. The summed E-state index contributed by atoms with van der Waals surface area (Å²) in [5, 5.41) is 3.06. The van der Waals surface area contributed by atoms with Crippen molar-refractivity contribution in [3.8, 4) is 0 Å². The summed E-state index contributed by atoms with van der Waals surface area (Å²) >= 11 is 7.85. The molecule has 0 aliphatic heterocycles. The molecule has 1 N–H and O–H groups in total. The number of nitrogens with one attached hydrogen (secondary N) is 1. The van der Waals surface area contributed by atoms with E-state index in [1.807, 2.05) is 13.1 Å². The minimum atomic E-state index is 0.0841. The Morgan fingerprint density at radius 2 is 1.86 bits per heavy atom. The average Bonchev–Trinajstić information content (AvgIpc) is 2.11. The molecule has 0 amide bonds. The third-order valence-corrected chi connectivity index (χ3v) is 4.09. The molecule has 0 aliphatic carbocycles. The molecule has 5 heteroatoms. The zero-order valence-electron chi connectivity index (χ0n) is 8.22. The van der Waals surface area contributed by atoms with Crippen LogP contribution in [0.1, 0.15) is 17.3 Å². The Labute approximate surface area is 109 Å². The van der Waals surface area contributed by atoms with Crippen molar-refractivity contribution >= 4 is 73.6 Å². The van der Waals surface area contributed by atoms with Crippen molar-refractivity contribution in [3.05, 3.63) is 11.6 Å². The van der Waals surface area contributed by atoms with Crippen LogP contribution in [0.2, 0.25) is 0 Å². The lowest BCUT2D eigenvalue weighted by molar-refractivity contribution is 0.102. The number of anilines is 1. The van der Waals surface area contributed by atoms with Crippen LogP contribution in [0.5, 0.6) is 0 Å². The van der Waals surface area contributed by atoms with Gasteiger partial charge in [0, 0.05) is 12.7 Å². The maximum absolute atomic E-state index is 11.4. The van der Waals surface area contributed by atoms with Gasteiger partial charge in [-0.15, -0.1) is 8.85 Å². The normalized spacial score (nSPS) is 9.86. The highest BCUT2D eigenvalue weighted by Gasteiger charge is 2.09. The largest absolute Gasteiger partial charge is 0.389 e. The van der Waals surface area contributed by atoms with Gasteiger partial charge in [-0.1, -0.05) is 6.07 Å². The molecular weight excluding hydrogens is 219 g/mol. The van der Waals surface area contributed by atoms with Gasteiger partial charge in [-0.3, -0.25) is 4.79 Å². The minimum Gasteiger partial charge on any atom is -0.389 e. The molecule has 0 unspecified atom stereocenters. The van der Waals surface area contributed by atoms with Gasteiger partial charge in [0.1, 0.15) is 0 Å². The molecule has 0 atom stereocenters. The molecule has 2 nitrogen and oxygen atoms in total. The molecule has 1 aromatic carbocycles. The molecule has 1 aromatic rings. The first-order valence-corrected chi connectivity index (χ1v) is 5.88. The fourth-order valence-corrected chi connectivity index (χ4v) is 2.83. The maximum Gasteiger partial charge on any atom is 0.180 e. The molecule has 6 radical (unpaired) electrons. The van der Waals surface area contributed by atoms with Gasteiger partial charge < -0.3 is 5.32 Å². The van der Waals surface area contributed by atoms with E-state index in [1.54, 1.807) is 6.92 Å². The molecule has 0 fully saturated rings. The first-order chi connectivity index (χ1) is 6.49. The predicted molar refractivity (Wildman–Crippen MR) is 62.2 cm³/mol. The molecule has 0 saturated heterocycles. The first kappa shape index (κ1) is 12.4. The fraction of sp³-hybridized carbons (Fsp3) is 0.222. The minimum absolute atomic E-state index is 0.0841. The van der Waals surface area contributed by atoms with Crippen molar-refractivity contribution in [2.45, 2.75) is 6.92 Å². The van der Waals surface area contributed by atoms with E-state index in [4.69, 9.17) is 0 Å². The van der Waals surface area contributed by atoms with Crippen molar-refractivity contribution < 1.29 is 4.79 Å². The van der Waals surface area contributed by atoms with Crippen molar-refractivity contribution in [3.63, 3.8) is 0 Å². The molecule has 0 spiro atoms. The average molecular weight is 227 g/mol. The van der Waals surface area contributed by atoms with E-state index >= 15 is 0 Å². The van der Waals surface area contributed by atoms with Gasteiger partial charge in [0.15, 0.2) is 54.7 Å². The second-order valence-electron chi connectivity index (χ2n) is 3.02.